The summed E-state index contributed by atoms with van der Waals surface area (Å²) in [6.07, 6.45) is 0.781. The predicted molar refractivity (Wildman–Crippen MR) is 93.8 cm³/mol. The van der Waals surface area contributed by atoms with Crippen LogP contribution in [0.1, 0.15) is 30.5 Å². The molecule has 2 rings (SSSR count). The van der Waals surface area contributed by atoms with Crippen LogP contribution in [0.4, 0.5) is 0 Å². The molecule has 0 saturated heterocycles. The Morgan fingerprint density at radius 1 is 1.04 bits per heavy atom. The molecular weight excluding hydrogens is 286 g/mol. The van der Waals surface area contributed by atoms with Gasteiger partial charge in [0.05, 0.1) is 0 Å². The zero-order valence-electron chi connectivity index (χ0n) is 14.3. The SMILES string of the molecule is Cc1cc(C)cc(OCC(=O)NC(C)(C)Cc2ccccc2)c1. The summed E-state index contributed by atoms with van der Waals surface area (Å²) in [4.78, 5) is 12.2. The summed E-state index contributed by atoms with van der Waals surface area (Å²) < 4.78 is 5.61. The Bertz CT molecular complexity index is 642. The molecule has 0 aliphatic rings. The van der Waals surface area contributed by atoms with Crippen LogP contribution in [0.5, 0.6) is 5.75 Å². The third-order valence-electron chi connectivity index (χ3n) is 3.53. The van der Waals surface area contributed by atoms with Crippen molar-refractivity contribution in [3.05, 3.63) is 65.2 Å². The maximum Gasteiger partial charge on any atom is 0.258 e. The Kier molecular flexibility index (Phi) is 5.43. The Morgan fingerprint density at radius 3 is 2.26 bits per heavy atom. The van der Waals surface area contributed by atoms with Crippen molar-refractivity contribution in [2.75, 3.05) is 6.61 Å². The van der Waals surface area contributed by atoms with E-state index in [4.69, 9.17) is 4.74 Å². The van der Waals surface area contributed by atoms with Crippen molar-refractivity contribution in [3.8, 4) is 5.75 Å². The van der Waals surface area contributed by atoms with Gasteiger partial charge in [0.2, 0.25) is 0 Å². The van der Waals surface area contributed by atoms with E-state index < -0.39 is 0 Å². The van der Waals surface area contributed by atoms with Gasteiger partial charge >= 0.3 is 0 Å². The molecule has 2 aromatic carbocycles. The van der Waals surface area contributed by atoms with Gasteiger partial charge in [-0.2, -0.15) is 0 Å². The Morgan fingerprint density at radius 2 is 1.65 bits per heavy atom. The third-order valence-corrected chi connectivity index (χ3v) is 3.53. The van der Waals surface area contributed by atoms with Gasteiger partial charge in [0.15, 0.2) is 6.61 Å². The van der Waals surface area contributed by atoms with Gasteiger partial charge in [-0.1, -0.05) is 36.4 Å². The van der Waals surface area contributed by atoms with E-state index in [1.165, 1.54) is 5.56 Å². The van der Waals surface area contributed by atoms with Gasteiger partial charge in [-0.25, -0.2) is 0 Å². The summed E-state index contributed by atoms with van der Waals surface area (Å²) in [6.45, 7) is 8.11. The molecule has 0 bridgehead atoms. The van der Waals surface area contributed by atoms with E-state index in [1.54, 1.807) is 0 Å². The predicted octanol–water partition coefficient (Wildman–Crippen LogP) is 3.82. The molecule has 23 heavy (non-hydrogen) atoms. The smallest absolute Gasteiger partial charge is 0.258 e. The number of amides is 1. The number of rotatable bonds is 6. The summed E-state index contributed by atoms with van der Waals surface area (Å²) in [6, 6.07) is 16.1. The Labute approximate surface area is 138 Å². The van der Waals surface area contributed by atoms with Crippen LogP contribution in [-0.2, 0) is 11.2 Å². The number of ether oxygens (including phenoxy) is 1. The second kappa shape index (κ2) is 7.32. The second-order valence-corrected chi connectivity index (χ2v) is 6.71. The molecular formula is C20H25NO2. The quantitative estimate of drug-likeness (QED) is 0.880. The first-order valence-corrected chi connectivity index (χ1v) is 7.90. The summed E-state index contributed by atoms with van der Waals surface area (Å²) in [7, 11) is 0. The number of hydrogen-bond donors (Lipinski definition) is 1. The molecule has 0 aliphatic carbocycles. The maximum atomic E-state index is 12.2. The van der Waals surface area contributed by atoms with Crippen LogP contribution in [-0.4, -0.2) is 18.1 Å². The summed E-state index contributed by atoms with van der Waals surface area (Å²) >= 11 is 0. The molecule has 0 radical (unpaired) electrons. The van der Waals surface area contributed by atoms with Gasteiger partial charge < -0.3 is 10.1 Å². The molecule has 3 heteroatoms. The zero-order valence-corrected chi connectivity index (χ0v) is 14.3. The summed E-state index contributed by atoms with van der Waals surface area (Å²) in [5, 5.41) is 3.04. The number of benzene rings is 2. The van der Waals surface area contributed by atoms with Crippen molar-refractivity contribution < 1.29 is 9.53 Å². The highest BCUT2D eigenvalue weighted by atomic mass is 16.5. The minimum absolute atomic E-state index is 0.0289. The highest BCUT2D eigenvalue weighted by Gasteiger charge is 2.21. The fourth-order valence-electron chi connectivity index (χ4n) is 2.73. The molecule has 3 nitrogen and oxygen atoms in total. The summed E-state index contributed by atoms with van der Waals surface area (Å²) in [5.41, 5.74) is 3.15. The van der Waals surface area contributed by atoms with Gasteiger partial charge in [-0.15, -0.1) is 0 Å². The lowest BCUT2D eigenvalue weighted by molar-refractivity contribution is -0.124. The standard InChI is InChI=1S/C20H25NO2/c1-15-10-16(2)12-18(11-15)23-14-19(22)21-20(3,4)13-17-8-6-5-7-9-17/h5-12H,13-14H2,1-4H3,(H,21,22). The Balaban J connectivity index is 1.88. The van der Waals surface area contributed by atoms with Crippen molar-refractivity contribution >= 4 is 5.91 Å². The molecule has 1 N–H and O–H groups in total. The van der Waals surface area contributed by atoms with E-state index in [2.05, 4.69) is 23.5 Å². The lowest BCUT2D eigenvalue weighted by atomic mass is 9.95. The fourth-order valence-corrected chi connectivity index (χ4v) is 2.73. The van der Waals surface area contributed by atoms with E-state index in [-0.39, 0.29) is 18.1 Å². The van der Waals surface area contributed by atoms with Gasteiger partial charge in [0.25, 0.3) is 5.91 Å². The number of aryl methyl sites for hydroxylation is 2. The van der Waals surface area contributed by atoms with Crippen molar-refractivity contribution in [1.82, 2.24) is 5.32 Å². The minimum atomic E-state index is -0.315. The normalized spacial score (nSPS) is 11.1. The highest BCUT2D eigenvalue weighted by molar-refractivity contribution is 5.78. The molecule has 1 amide bonds. The number of nitrogens with one attached hydrogen (secondary N) is 1. The van der Waals surface area contributed by atoms with Crippen LogP contribution in [0.3, 0.4) is 0 Å². The van der Waals surface area contributed by atoms with Crippen molar-refractivity contribution in [2.45, 2.75) is 39.7 Å². The average molecular weight is 311 g/mol. The van der Waals surface area contributed by atoms with Gasteiger partial charge in [-0.05, 0) is 62.9 Å². The topological polar surface area (TPSA) is 38.3 Å². The largest absolute Gasteiger partial charge is 0.484 e. The molecule has 0 spiro atoms. The third kappa shape index (κ3) is 5.78. The maximum absolute atomic E-state index is 12.2. The number of carbonyl (C=O) groups excluding carboxylic acids is 1. The minimum Gasteiger partial charge on any atom is -0.484 e. The molecule has 0 fully saturated rings. The second-order valence-electron chi connectivity index (χ2n) is 6.71. The molecule has 0 heterocycles. The number of carbonyl (C=O) groups is 1. The monoisotopic (exact) mass is 311 g/mol. The fraction of sp³-hybridized carbons (Fsp3) is 0.350. The van der Waals surface area contributed by atoms with E-state index >= 15 is 0 Å². The number of hydrogen-bond acceptors (Lipinski definition) is 2. The lowest BCUT2D eigenvalue weighted by Crippen LogP contribution is -2.47. The average Bonchev–Trinajstić information content (AvgIpc) is 2.44. The van der Waals surface area contributed by atoms with E-state index in [9.17, 15) is 4.79 Å². The van der Waals surface area contributed by atoms with E-state index in [1.807, 2.05) is 58.0 Å². The van der Waals surface area contributed by atoms with Crippen molar-refractivity contribution in [3.63, 3.8) is 0 Å². The van der Waals surface area contributed by atoms with Crippen LogP contribution in [0.15, 0.2) is 48.5 Å². The zero-order chi connectivity index (χ0) is 16.9. The lowest BCUT2D eigenvalue weighted by Gasteiger charge is -2.26. The van der Waals surface area contributed by atoms with Crippen molar-refractivity contribution in [2.24, 2.45) is 0 Å². The highest BCUT2D eigenvalue weighted by Crippen LogP contribution is 2.16. The van der Waals surface area contributed by atoms with Crippen LogP contribution >= 0.6 is 0 Å². The molecule has 2 aromatic rings. The first-order chi connectivity index (χ1) is 10.8. The molecule has 0 aromatic heterocycles. The summed E-state index contributed by atoms with van der Waals surface area (Å²) in [5.74, 6) is 0.628. The first kappa shape index (κ1) is 17.1. The molecule has 0 saturated carbocycles. The van der Waals surface area contributed by atoms with Gasteiger partial charge in [-0.3, -0.25) is 4.79 Å². The van der Waals surface area contributed by atoms with Crippen LogP contribution in [0, 0.1) is 13.8 Å². The first-order valence-electron chi connectivity index (χ1n) is 7.90. The molecule has 0 unspecified atom stereocenters. The van der Waals surface area contributed by atoms with Crippen LogP contribution in [0.25, 0.3) is 0 Å². The van der Waals surface area contributed by atoms with Crippen molar-refractivity contribution in [1.29, 1.82) is 0 Å². The van der Waals surface area contributed by atoms with Gasteiger partial charge in [0, 0.05) is 5.54 Å². The van der Waals surface area contributed by atoms with E-state index in [0.29, 0.717) is 0 Å². The van der Waals surface area contributed by atoms with Crippen LogP contribution < -0.4 is 10.1 Å². The van der Waals surface area contributed by atoms with Crippen LogP contribution in [0.2, 0.25) is 0 Å². The van der Waals surface area contributed by atoms with E-state index in [0.717, 1.165) is 23.3 Å². The van der Waals surface area contributed by atoms with Gasteiger partial charge in [0.1, 0.15) is 5.75 Å². The Hall–Kier alpha value is -2.29. The molecule has 122 valence electrons. The molecule has 0 aliphatic heterocycles. The molecule has 0 atom stereocenters.